The van der Waals surface area contributed by atoms with Crippen LogP contribution in [0.5, 0.6) is 0 Å². The predicted molar refractivity (Wildman–Crippen MR) is 67.6 cm³/mol. The van der Waals surface area contributed by atoms with Gasteiger partial charge in [0.25, 0.3) is 0 Å². The molecule has 0 spiro atoms. The topological polar surface area (TPSA) is 42.2 Å². The fourth-order valence-corrected chi connectivity index (χ4v) is 2.98. The second-order valence-electron chi connectivity index (χ2n) is 5.35. The summed E-state index contributed by atoms with van der Waals surface area (Å²) in [7, 11) is 0. The van der Waals surface area contributed by atoms with Crippen molar-refractivity contribution in [1.82, 2.24) is 4.57 Å². The maximum absolute atomic E-state index is 11.1. The molecule has 0 aliphatic heterocycles. The molecule has 94 valence electrons. The molecule has 0 radical (unpaired) electrons. The fraction of sp³-hybridized carbons (Fsp3) is 0.615. The zero-order valence-corrected chi connectivity index (χ0v) is 10.8. The molecule has 4 heteroatoms. The molecule has 1 aromatic rings. The molecule has 1 N–H and O–H groups in total. The molecule has 0 bridgehead atoms. The number of aromatic nitrogens is 1. The van der Waals surface area contributed by atoms with Crippen LogP contribution < -0.4 is 0 Å². The Balaban J connectivity index is 2.19. The maximum atomic E-state index is 11.1. The third kappa shape index (κ3) is 2.83. The molecule has 1 aliphatic rings. The Morgan fingerprint density at radius 2 is 2.12 bits per heavy atom. The quantitative estimate of drug-likeness (QED) is 0.892. The molecule has 1 heterocycles. The van der Waals surface area contributed by atoms with E-state index in [0.29, 0.717) is 10.7 Å². The van der Waals surface area contributed by atoms with E-state index in [0.717, 1.165) is 6.54 Å². The van der Waals surface area contributed by atoms with Gasteiger partial charge in [-0.1, -0.05) is 37.8 Å². The van der Waals surface area contributed by atoms with Crippen LogP contribution in [-0.4, -0.2) is 15.6 Å². The second kappa shape index (κ2) is 4.73. The monoisotopic (exact) mass is 255 g/mol. The molecular formula is C13H18ClNO2. The number of carboxylic acid groups (broad SMARTS) is 1. The number of nitrogens with zero attached hydrogens (tertiary/aromatic N) is 1. The summed E-state index contributed by atoms with van der Waals surface area (Å²) >= 11 is 5.89. The molecule has 0 amide bonds. The lowest BCUT2D eigenvalue weighted by Crippen LogP contribution is -2.27. The van der Waals surface area contributed by atoms with E-state index in [1.165, 1.54) is 38.2 Å². The van der Waals surface area contributed by atoms with Crippen LogP contribution in [0.1, 0.15) is 49.5 Å². The highest BCUT2D eigenvalue weighted by Crippen LogP contribution is 2.37. The number of aromatic carboxylic acids is 1. The van der Waals surface area contributed by atoms with Crippen LogP contribution in [0.4, 0.5) is 0 Å². The maximum Gasteiger partial charge on any atom is 0.352 e. The molecule has 2 rings (SSSR count). The molecular weight excluding hydrogens is 238 g/mol. The first-order valence-electron chi connectivity index (χ1n) is 6.09. The van der Waals surface area contributed by atoms with Crippen molar-refractivity contribution in [2.75, 3.05) is 0 Å². The Kier molecular flexibility index (Phi) is 3.48. The van der Waals surface area contributed by atoms with E-state index in [1.54, 1.807) is 10.8 Å². The van der Waals surface area contributed by atoms with Crippen molar-refractivity contribution in [3.05, 3.63) is 23.0 Å². The first-order chi connectivity index (χ1) is 8.00. The van der Waals surface area contributed by atoms with Gasteiger partial charge in [0.2, 0.25) is 0 Å². The van der Waals surface area contributed by atoms with Crippen molar-refractivity contribution in [2.24, 2.45) is 5.41 Å². The lowest BCUT2D eigenvalue weighted by Gasteiger charge is -2.34. The zero-order chi connectivity index (χ0) is 12.5. The standard InChI is InChI=1S/C13H18ClNO2/c1-13(5-3-2-4-6-13)9-15-8-10(14)7-11(15)12(16)17/h7-8H,2-6,9H2,1H3,(H,16,17). The smallest absolute Gasteiger partial charge is 0.352 e. The van der Waals surface area contributed by atoms with Crippen LogP contribution in [0, 0.1) is 5.41 Å². The van der Waals surface area contributed by atoms with Crippen LogP contribution in [-0.2, 0) is 6.54 Å². The van der Waals surface area contributed by atoms with Crippen molar-refractivity contribution < 1.29 is 9.90 Å². The van der Waals surface area contributed by atoms with Gasteiger partial charge in [0.1, 0.15) is 5.69 Å². The number of carbonyl (C=O) groups is 1. The van der Waals surface area contributed by atoms with Gasteiger partial charge < -0.3 is 9.67 Å². The molecule has 17 heavy (non-hydrogen) atoms. The molecule has 0 aromatic carbocycles. The number of carboxylic acids is 1. The van der Waals surface area contributed by atoms with Gasteiger partial charge in [-0.2, -0.15) is 0 Å². The Hall–Kier alpha value is -0.960. The van der Waals surface area contributed by atoms with Gasteiger partial charge in [0, 0.05) is 12.7 Å². The number of rotatable bonds is 3. The normalized spacial score (nSPS) is 19.2. The Morgan fingerprint density at radius 1 is 1.47 bits per heavy atom. The van der Waals surface area contributed by atoms with E-state index in [9.17, 15) is 4.79 Å². The van der Waals surface area contributed by atoms with Crippen molar-refractivity contribution in [2.45, 2.75) is 45.6 Å². The largest absolute Gasteiger partial charge is 0.477 e. The SMILES string of the molecule is CC1(Cn2cc(Cl)cc2C(=O)O)CCCCC1. The van der Waals surface area contributed by atoms with Gasteiger partial charge in [0.05, 0.1) is 5.02 Å². The number of hydrogen-bond donors (Lipinski definition) is 1. The third-order valence-electron chi connectivity index (χ3n) is 3.70. The minimum atomic E-state index is -0.906. The first kappa shape index (κ1) is 12.5. The summed E-state index contributed by atoms with van der Waals surface area (Å²) < 4.78 is 1.79. The van der Waals surface area contributed by atoms with Gasteiger partial charge in [-0.15, -0.1) is 0 Å². The fourth-order valence-electron chi connectivity index (χ4n) is 2.76. The minimum absolute atomic E-state index is 0.213. The number of halogens is 1. The lowest BCUT2D eigenvalue weighted by atomic mass is 9.75. The highest BCUT2D eigenvalue weighted by molar-refractivity contribution is 6.30. The van der Waals surface area contributed by atoms with E-state index in [4.69, 9.17) is 16.7 Å². The van der Waals surface area contributed by atoms with Gasteiger partial charge >= 0.3 is 5.97 Å². The molecule has 0 saturated heterocycles. The average molecular weight is 256 g/mol. The molecule has 0 unspecified atom stereocenters. The Labute approximate surface area is 106 Å². The van der Waals surface area contributed by atoms with Gasteiger partial charge in [-0.3, -0.25) is 0 Å². The van der Waals surface area contributed by atoms with Gasteiger partial charge in [-0.05, 0) is 24.3 Å². The summed E-state index contributed by atoms with van der Waals surface area (Å²) in [6, 6.07) is 1.52. The molecule has 3 nitrogen and oxygen atoms in total. The average Bonchev–Trinajstić information content (AvgIpc) is 2.59. The zero-order valence-electron chi connectivity index (χ0n) is 10.1. The van der Waals surface area contributed by atoms with Crippen LogP contribution in [0.3, 0.4) is 0 Å². The molecule has 1 fully saturated rings. The van der Waals surface area contributed by atoms with Crippen LogP contribution in [0.2, 0.25) is 5.02 Å². The lowest BCUT2D eigenvalue weighted by molar-refractivity contribution is 0.0679. The highest BCUT2D eigenvalue weighted by atomic mass is 35.5. The molecule has 0 atom stereocenters. The van der Waals surface area contributed by atoms with Gasteiger partial charge in [0.15, 0.2) is 0 Å². The summed E-state index contributed by atoms with van der Waals surface area (Å²) in [4.78, 5) is 11.1. The number of hydrogen-bond acceptors (Lipinski definition) is 1. The third-order valence-corrected chi connectivity index (χ3v) is 3.90. The van der Waals surface area contributed by atoms with Gasteiger partial charge in [-0.25, -0.2) is 4.79 Å². The summed E-state index contributed by atoms with van der Waals surface area (Å²) in [5.41, 5.74) is 0.506. The summed E-state index contributed by atoms with van der Waals surface area (Å²) in [5.74, 6) is -0.906. The van der Waals surface area contributed by atoms with Crippen LogP contribution in [0.15, 0.2) is 12.3 Å². The van der Waals surface area contributed by atoms with Crippen molar-refractivity contribution >= 4 is 17.6 Å². The van der Waals surface area contributed by atoms with Crippen LogP contribution in [0.25, 0.3) is 0 Å². The summed E-state index contributed by atoms with van der Waals surface area (Å²) in [6.07, 6.45) is 7.85. The molecule has 1 saturated carbocycles. The van der Waals surface area contributed by atoms with Crippen molar-refractivity contribution in [1.29, 1.82) is 0 Å². The molecule has 1 aromatic heterocycles. The summed E-state index contributed by atoms with van der Waals surface area (Å²) in [6.45, 7) is 2.99. The van der Waals surface area contributed by atoms with E-state index in [-0.39, 0.29) is 5.41 Å². The Bertz CT molecular complexity index is 419. The van der Waals surface area contributed by atoms with E-state index in [1.807, 2.05) is 0 Å². The van der Waals surface area contributed by atoms with Crippen molar-refractivity contribution in [3.63, 3.8) is 0 Å². The molecule has 1 aliphatic carbocycles. The Morgan fingerprint density at radius 3 is 2.71 bits per heavy atom. The van der Waals surface area contributed by atoms with E-state index in [2.05, 4.69) is 6.92 Å². The van der Waals surface area contributed by atoms with Crippen LogP contribution >= 0.6 is 11.6 Å². The first-order valence-corrected chi connectivity index (χ1v) is 6.47. The minimum Gasteiger partial charge on any atom is -0.477 e. The van der Waals surface area contributed by atoms with E-state index < -0.39 is 5.97 Å². The second-order valence-corrected chi connectivity index (χ2v) is 5.78. The summed E-state index contributed by atoms with van der Waals surface area (Å²) in [5, 5.41) is 9.61. The van der Waals surface area contributed by atoms with Crippen molar-refractivity contribution in [3.8, 4) is 0 Å². The predicted octanol–water partition coefficient (Wildman–Crippen LogP) is 3.81. The highest BCUT2D eigenvalue weighted by Gasteiger charge is 2.28. The van der Waals surface area contributed by atoms with E-state index >= 15 is 0 Å².